The zero-order valence-corrected chi connectivity index (χ0v) is 18.0. The summed E-state index contributed by atoms with van der Waals surface area (Å²) in [5, 5.41) is 6.44. The third kappa shape index (κ3) is 5.25. The molecule has 10 heteroatoms. The van der Waals surface area contributed by atoms with Gasteiger partial charge in [0.25, 0.3) is 5.91 Å². The highest BCUT2D eigenvalue weighted by molar-refractivity contribution is 7.90. The van der Waals surface area contributed by atoms with Crippen LogP contribution < -0.4 is 22.1 Å². The van der Waals surface area contributed by atoms with Crippen LogP contribution in [0.3, 0.4) is 0 Å². The van der Waals surface area contributed by atoms with Crippen LogP contribution >= 0.6 is 0 Å². The van der Waals surface area contributed by atoms with Crippen molar-refractivity contribution in [3.8, 4) is 0 Å². The molecule has 1 aliphatic rings. The summed E-state index contributed by atoms with van der Waals surface area (Å²) in [7, 11) is -3.38. The molecule has 1 aliphatic carbocycles. The first-order chi connectivity index (χ1) is 14.2. The second kappa shape index (κ2) is 8.97. The Balaban J connectivity index is 1.95. The number of primary amides is 1. The van der Waals surface area contributed by atoms with Crippen molar-refractivity contribution in [2.75, 3.05) is 16.9 Å². The van der Waals surface area contributed by atoms with E-state index < -0.39 is 15.7 Å². The first kappa shape index (κ1) is 22.0. The predicted molar refractivity (Wildman–Crippen MR) is 117 cm³/mol. The number of hydrogen-bond donors (Lipinski definition) is 4. The van der Waals surface area contributed by atoms with E-state index in [4.69, 9.17) is 11.5 Å². The summed E-state index contributed by atoms with van der Waals surface area (Å²) < 4.78 is 23.7. The zero-order valence-electron chi connectivity index (χ0n) is 17.2. The van der Waals surface area contributed by atoms with Gasteiger partial charge >= 0.3 is 0 Å². The van der Waals surface area contributed by atoms with Crippen molar-refractivity contribution < 1.29 is 13.2 Å². The lowest BCUT2D eigenvalue weighted by atomic mass is 9.92. The number of aromatic nitrogens is 2. The molecule has 6 N–H and O–H groups in total. The number of amides is 1. The smallest absolute Gasteiger partial charge is 0.271 e. The van der Waals surface area contributed by atoms with E-state index in [2.05, 4.69) is 20.6 Å². The molecule has 1 saturated carbocycles. The van der Waals surface area contributed by atoms with E-state index in [1.807, 2.05) is 6.92 Å². The summed E-state index contributed by atoms with van der Waals surface area (Å²) >= 11 is 0. The molecule has 9 nitrogen and oxygen atoms in total. The van der Waals surface area contributed by atoms with Crippen molar-refractivity contribution in [1.82, 2.24) is 9.97 Å². The van der Waals surface area contributed by atoms with Gasteiger partial charge in [-0.05, 0) is 50.3 Å². The summed E-state index contributed by atoms with van der Waals surface area (Å²) in [6, 6.07) is 6.74. The van der Waals surface area contributed by atoms with E-state index in [0.29, 0.717) is 23.6 Å². The van der Waals surface area contributed by atoms with Crippen LogP contribution in [0.4, 0.5) is 17.3 Å². The van der Waals surface area contributed by atoms with Gasteiger partial charge in [-0.3, -0.25) is 4.79 Å². The first-order valence-electron chi connectivity index (χ1n) is 9.97. The summed E-state index contributed by atoms with van der Waals surface area (Å²) in [5.41, 5.74) is 12.6. The number of hydrogen-bond acceptors (Lipinski definition) is 8. The Hall–Kier alpha value is -2.72. The van der Waals surface area contributed by atoms with Crippen molar-refractivity contribution in [3.63, 3.8) is 0 Å². The van der Waals surface area contributed by atoms with Crippen LogP contribution in [0.5, 0.6) is 0 Å². The molecule has 1 amide bonds. The quantitative estimate of drug-likeness (QED) is 0.518. The van der Waals surface area contributed by atoms with E-state index in [9.17, 15) is 13.2 Å². The minimum absolute atomic E-state index is 0.00725. The van der Waals surface area contributed by atoms with Gasteiger partial charge in [0.2, 0.25) is 0 Å². The summed E-state index contributed by atoms with van der Waals surface area (Å²) in [5.74, 6) is 0.0549. The average molecular weight is 433 g/mol. The molecule has 162 valence electrons. The Morgan fingerprint density at radius 2 is 1.87 bits per heavy atom. The van der Waals surface area contributed by atoms with Crippen LogP contribution in [0.1, 0.15) is 48.8 Å². The lowest BCUT2D eigenvalue weighted by Crippen LogP contribution is -2.33. The van der Waals surface area contributed by atoms with E-state index >= 15 is 0 Å². The predicted octanol–water partition coefficient (Wildman–Crippen LogP) is 1.97. The maximum atomic E-state index is 12.0. The van der Waals surface area contributed by atoms with Crippen LogP contribution in [0.25, 0.3) is 0 Å². The lowest BCUT2D eigenvalue weighted by Gasteiger charge is -2.28. The highest BCUT2D eigenvalue weighted by Crippen LogP contribution is 2.26. The molecule has 0 unspecified atom stereocenters. The topological polar surface area (TPSA) is 153 Å². The molecule has 2 aromatic rings. The molecule has 0 spiro atoms. The number of anilines is 3. The zero-order chi connectivity index (χ0) is 21.9. The fourth-order valence-corrected chi connectivity index (χ4v) is 4.16. The molecule has 1 heterocycles. The van der Waals surface area contributed by atoms with E-state index in [-0.39, 0.29) is 28.5 Å². The van der Waals surface area contributed by atoms with Gasteiger partial charge in [0.05, 0.1) is 10.6 Å². The molecular weight excluding hydrogens is 404 g/mol. The molecule has 0 saturated heterocycles. The molecule has 1 aromatic carbocycles. The molecule has 3 rings (SSSR count). The maximum Gasteiger partial charge on any atom is 0.271 e. The number of carbonyl (C=O) groups is 1. The number of nitrogens with two attached hydrogens (primary N) is 2. The van der Waals surface area contributed by atoms with Crippen LogP contribution in [0.2, 0.25) is 0 Å². The normalized spacial score (nSPS) is 19.3. The van der Waals surface area contributed by atoms with Crippen molar-refractivity contribution in [1.29, 1.82) is 0 Å². The van der Waals surface area contributed by atoms with Crippen molar-refractivity contribution in [3.05, 3.63) is 35.7 Å². The van der Waals surface area contributed by atoms with Gasteiger partial charge in [-0.1, -0.05) is 13.0 Å². The number of carbonyl (C=O) groups excluding carboxylic acids is 1. The van der Waals surface area contributed by atoms with Crippen LogP contribution in [0.15, 0.2) is 29.2 Å². The van der Waals surface area contributed by atoms with Crippen LogP contribution in [0, 0.1) is 0 Å². The molecule has 1 aromatic heterocycles. The lowest BCUT2D eigenvalue weighted by molar-refractivity contribution is 0.0996. The number of nitrogens with zero attached hydrogens (tertiary/aromatic N) is 2. The Kier molecular flexibility index (Phi) is 6.57. The largest absolute Gasteiger partial charge is 0.366 e. The number of benzene rings is 1. The maximum absolute atomic E-state index is 12.0. The van der Waals surface area contributed by atoms with Gasteiger partial charge in [-0.25, -0.2) is 18.4 Å². The fraction of sp³-hybridized carbons (Fsp3) is 0.450. The molecule has 0 radical (unpaired) electrons. The second-order valence-electron chi connectivity index (χ2n) is 7.61. The summed E-state index contributed by atoms with van der Waals surface area (Å²) in [4.78, 5) is 21.2. The standard InChI is InChI=1S/C20H28N6O3S/c1-3-16-19(23-13-9-7-12(21)8-10-13)26-20(17(25-16)18(22)27)24-14-5-4-6-15(11-14)30(2,28)29/h4-6,11-13H,3,7-10,21H2,1-2H3,(H2,22,27)(H2,23,24,26)/t12-,13-. The van der Waals surface area contributed by atoms with Gasteiger partial charge in [-0.15, -0.1) is 0 Å². The number of rotatable bonds is 7. The highest BCUT2D eigenvalue weighted by Gasteiger charge is 2.22. The molecule has 0 bridgehead atoms. The summed E-state index contributed by atoms with van der Waals surface area (Å²) in [6.45, 7) is 1.93. The van der Waals surface area contributed by atoms with Gasteiger partial charge in [0.15, 0.2) is 21.3 Å². The van der Waals surface area contributed by atoms with Crippen molar-refractivity contribution >= 4 is 33.1 Å². The molecule has 0 aliphatic heterocycles. The monoisotopic (exact) mass is 432 g/mol. The van der Waals surface area contributed by atoms with Gasteiger partial charge in [0.1, 0.15) is 5.82 Å². The first-order valence-corrected chi connectivity index (χ1v) is 11.9. The van der Waals surface area contributed by atoms with Crippen molar-refractivity contribution in [2.45, 2.75) is 56.0 Å². The Morgan fingerprint density at radius 1 is 1.17 bits per heavy atom. The number of nitrogens with one attached hydrogen (secondary N) is 2. The Morgan fingerprint density at radius 3 is 2.47 bits per heavy atom. The van der Waals surface area contributed by atoms with E-state index in [1.54, 1.807) is 12.1 Å². The highest BCUT2D eigenvalue weighted by atomic mass is 32.2. The van der Waals surface area contributed by atoms with Gasteiger partial charge < -0.3 is 22.1 Å². The Bertz CT molecular complexity index is 1030. The fourth-order valence-electron chi connectivity index (χ4n) is 3.49. The molecule has 30 heavy (non-hydrogen) atoms. The second-order valence-corrected chi connectivity index (χ2v) is 9.63. The average Bonchev–Trinajstić information content (AvgIpc) is 2.69. The van der Waals surface area contributed by atoms with E-state index in [1.165, 1.54) is 12.1 Å². The Labute approximate surface area is 176 Å². The summed E-state index contributed by atoms with van der Waals surface area (Å²) in [6.07, 6.45) is 5.46. The minimum Gasteiger partial charge on any atom is -0.366 e. The number of aryl methyl sites for hydroxylation is 1. The van der Waals surface area contributed by atoms with Crippen LogP contribution in [-0.2, 0) is 16.3 Å². The molecule has 0 atom stereocenters. The molecular formula is C20H28N6O3S. The number of sulfone groups is 1. The van der Waals surface area contributed by atoms with Gasteiger partial charge in [0, 0.05) is 24.0 Å². The SMILES string of the molecule is CCc1nc(C(N)=O)c(Nc2cccc(S(C)(=O)=O)c2)nc1N[C@H]1CC[C@H](N)CC1. The molecule has 1 fully saturated rings. The van der Waals surface area contributed by atoms with Gasteiger partial charge in [-0.2, -0.15) is 0 Å². The van der Waals surface area contributed by atoms with E-state index in [0.717, 1.165) is 31.9 Å². The third-order valence-corrected chi connectivity index (χ3v) is 6.28. The van der Waals surface area contributed by atoms with Crippen LogP contribution in [-0.4, -0.2) is 42.6 Å². The third-order valence-electron chi connectivity index (χ3n) is 5.17. The van der Waals surface area contributed by atoms with Crippen molar-refractivity contribution in [2.24, 2.45) is 11.5 Å². The minimum atomic E-state index is -3.38.